The number of halogens is 1. The summed E-state index contributed by atoms with van der Waals surface area (Å²) in [6, 6.07) is 10.3. The molecule has 4 rings (SSSR count). The van der Waals surface area contributed by atoms with E-state index in [0.29, 0.717) is 29.5 Å². The van der Waals surface area contributed by atoms with E-state index in [4.69, 9.17) is 17.0 Å². The van der Waals surface area contributed by atoms with Gasteiger partial charge in [-0.2, -0.15) is 0 Å². The summed E-state index contributed by atoms with van der Waals surface area (Å²) in [7, 11) is -3.61. The number of thiazole rings is 1. The van der Waals surface area contributed by atoms with Gasteiger partial charge in [-0.3, -0.25) is 5.41 Å². The highest BCUT2D eigenvalue weighted by molar-refractivity contribution is 7.91. The molecule has 0 unspecified atom stereocenters. The molecule has 1 aliphatic heterocycles. The number of piperidine rings is 1. The summed E-state index contributed by atoms with van der Waals surface area (Å²) < 4.78 is 28.1. The number of sulfone groups is 1. The number of hydrogen-bond acceptors (Lipinski definition) is 5. The summed E-state index contributed by atoms with van der Waals surface area (Å²) in [6.45, 7) is 3.98. The number of nitrogens with one attached hydrogen (secondary N) is 1. The first-order valence-electron chi connectivity index (χ1n) is 10.8. The van der Waals surface area contributed by atoms with E-state index in [1.807, 2.05) is 17.7 Å². The van der Waals surface area contributed by atoms with Crippen LogP contribution in [0.15, 0.2) is 47.5 Å². The van der Waals surface area contributed by atoms with Gasteiger partial charge >= 0.3 is 5.91 Å². The lowest BCUT2D eigenvalue weighted by Crippen LogP contribution is -2.57. The molecule has 1 saturated heterocycles. The number of carbonyl (C=O) groups excluding carboxylic acids is 1. The number of fused-ring (bicyclic) bond motifs is 1. The van der Waals surface area contributed by atoms with Gasteiger partial charge in [-0.25, -0.2) is 17.7 Å². The normalized spacial score (nSPS) is 16.3. The van der Waals surface area contributed by atoms with Crippen LogP contribution in [0.2, 0.25) is 5.02 Å². The van der Waals surface area contributed by atoms with Crippen LogP contribution < -0.4 is 9.28 Å². The van der Waals surface area contributed by atoms with Crippen LogP contribution in [0.1, 0.15) is 32.6 Å². The summed E-state index contributed by atoms with van der Waals surface area (Å²) in [5, 5.41) is 11.3. The van der Waals surface area contributed by atoms with E-state index in [2.05, 4.69) is 0 Å². The van der Waals surface area contributed by atoms with Crippen LogP contribution in [0.5, 0.6) is 0 Å². The van der Waals surface area contributed by atoms with E-state index in [-0.39, 0.29) is 27.5 Å². The predicted molar refractivity (Wildman–Crippen MR) is 130 cm³/mol. The maximum Gasteiger partial charge on any atom is 0.320 e. The molecule has 0 saturated carbocycles. The highest BCUT2D eigenvalue weighted by Gasteiger charge is 2.42. The molecule has 1 fully saturated rings. The first-order valence-corrected chi connectivity index (χ1v) is 13.7. The zero-order valence-electron chi connectivity index (χ0n) is 18.0. The van der Waals surface area contributed by atoms with Crippen LogP contribution in [0.4, 0.5) is 5.00 Å². The minimum absolute atomic E-state index is 0.0433. The van der Waals surface area contributed by atoms with Crippen molar-refractivity contribution >= 4 is 54.5 Å². The van der Waals surface area contributed by atoms with Crippen LogP contribution in [0, 0.1) is 5.41 Å². The lowest BCUT2D eigenvalue weighted by atomic mass is 10.1. The van der Waals surface area contributed by atoms with Crippen molar-refractivity contribution < 1.29 is 13.2 Å². The molecule has 2 heterocycles. The van der Waals surface area contributed by atoms with Gasteiger partial charge in [-0.15, -0.1) is 0 Å². The Balaban J connectivity index is 1.58. The SMILES string of the molecule is CCn1cc([N+]2(C(=O)CCS(=O)(=O)c3ccc4cc(Cl)ccc4c3)CCCCC2)sc1=N. The van der Waals surface area contributed by atoms with Gasteiger partial charge in [0.05, 0.1) is 36.4 Å². The molecule has 3 aromatic rings. The van der Waals surface area contributed by atoms with Crippen molar-refractivity contribution in [3.63, 3.8) is 0 Å². The maximum atomic E-state index is 13.5. The van der Waals surface area contributed by atoms with E-state index >= 15 is 0 Å². The summed E-state index contributed by atoms with van der Waals surface area (Å²) in [5.74, 6) is -0.303. The first kappa shape index (κ1) is 23.2. The van der Waals surface area contributed by atoms with E-state index in [1.165, 1.54) is 11.3 Å². The number of hydrogen-bond donors (Lipinski definition) is 1. The minimum atomic E-state index is -3.61. The molecular weight excluding hydrogens is 466 g/mol. The quantitative estimate of drug-likeness (QED) is 0.505. The summed E-state index contributed by atoms with van der Waals surface area (Å²) in [4.78, 5) is 14.1. The van der Waals surface area contributed by atoms with E-state index in [1.54, 1.807) is 36.4 Å². The molecule has 1 aromatic heterocycles. The molecule has 1 amide bonds. The fourth-order valence-electron chi connectivity index (χ4n) is 4.40. The molecule has 6 nitrogen and oxygen atoms in total. The van der Waals surface area contributed by atoms with Crippen LogP contribution >= 0.6 is 22.9 Å². The second kappa shape index (κ2) is 9.09. The molecule has 1 aliphatic rings. The van der Waals surface area contributed by atoms with Crippen molar-refractivity contribution in [3.05, 3.63) is 52.4 Å². The number of quaternary nitrogens is 1. The van der Waals surface area contributed by atoms with Gasteiger partial charge in [-0.05, 0) is 72.6 Å². The third kappa shape index (κ3) is 4.41. The summed E-state index contributed by atoms with van der Waals surface area (Å²) >= 11 is 7.35. The average molecular weight is 493 g/mol. The number of amides is 1. The van der Waals surface area contributed by atoms with E-state index < -0.39 is 9.84 Å². The van der Waals surface area contributed by atoms with Gasteiger partial charge in [0.15, 0.2) is 14.6 Å². The topological polar surface area (TPSA) is 80.0 Å². The molecule has 0 bridgehead atoms. The molecule has 170 valence electrons. The number of nitrogens with zero attached hydrogens (tertiary/aromatic N) is 2. The monoisotopic (exact) mass is 492 g/mol. The van der Waals surface area contributed by atoms with Crippen molar-refractivity contribution in [3.8, 4) is 0 Å². The largest absolute Gasteiger partial charge is 0.320 e. The lowest BCUT2D eigenvalue weighted by Gasteiger charge is -2.36. The number of rotatable bonds is 6. The standard InChI is InChI=1S/C23H27ClN3O3S2/c1-2-26-16-22(31-23(26)25)27(11-4-3-5-12-27)21(28)10-13-32(29,30)20-9-7-17-14-19(24)8-6-18(17)15-20/h6-9,14-16,25H,2-5,10-13H2,1H3/q+1. The van der Waals surface area contributed by atoms with Crippen molar-refractivity contribution in [2.24, 2.45) is 0 Å². The number of carbonyl (C=O) groups is 1. The number of benzene rings is 2. The van der Waals surface area contributed by atoms with Gasteiger partial charge in [0.1, 0.15) is 0 Å². The zero-order valence-corrected chi connectivity index (χ0v) is 20.4. The van der Waals surface area contributed by atoms with Crippen molar-refractivity contribution in [2.45, 2.75) is 44.0 Å². The van der Waals surface area contributed by atoms with E-state index in [0.717, 1.165) is 35.0 Å². The maximum absolute atomic E-state index is 13.5. The van der Waals surface area contributed by atoms with Gasteiger partial charge in [0.25, 0.3) is 0 Å². The molecule has 0 atom stereocenters. The molecule has 1 N–H and O–H groups in total. The third-order valence-corrected chi connectivity index (χ3v) is 9.31. The van der Waals surface area contributed by atoms with Crippen LogP contribution in [-0.2, 0) is 21.2 Å². The first-order chi connectivity index (χ1) is 15.2. The highest BCUT2D eigenvalue weighted by Crippen LogP contribution is 2.33. The average Bonchev–Trinajstić information content (AvgIpc) is 3.18. The molecule has 0 aliphatic carbocycles. The molecule has 0 spiro atoms. The fourth-order valence-corrected chi connectivity index (χ4v) is 6.97. The Bertz CT molecular complexity index is 1320. The highest BCUT2D eigenvalue weighted by atomic mass is 35.5. The molecule has 32 heavy (non-hydrogen) atoms. The van der Waals surface area contributed by atoms with Gasteiger partial charge < -0.3 is 4.57 Å². The Morgan fingerprint density at radius 2 is 1.81 bits per heavy atom. The number of likely N-dealkylation sites (tertiary alicyclic amines) is 1. The molecule has 0 radical (unpaired) electrons. The second-order valence-corrected chi connectivity index (χ2v) is 11.8. The lowest BCUT2D eigenvalue weighted by molar-refractivity contribution is -0.130. The molecule has 9 heteroatoms. The Morgan fingerprint density at radius 3 is 2.50 bits per heavy atom. The molecule has 2 aromatic carbocycles. The van der Waals surface area contributed by atoms with Crippen LogP contribution in [0.25, 0.3) is 10.8 Å². The Kier molecular flexibility index (Phi) is 6.58. The third-order valence-electron chi connectivity index (χ3n) is 6.27. The summed E-state index contributed by atoms with van der Waals surface area (Å²) in [6.07, 6.45) is 4.77. The number of aromatic nitrogens is 1. The smallest absolute Gasteiger partial charge is 0.319 e. The summed E-state index contributed by atoms with van der Waals surface area (Å²) in [5.41, 5.74) is 0. The number of aryl methyl sites for hydroxylation is 1. The minimum Gasteiger partial charge on any atom is -0.319 e. The van der Waals surface area contributed by atoms with Crippen molar-refractivity contribution in [2.75, 3.05) is 18.8 Å². The zero-order chi connectivity index (χ0) is 22.9. The van der Waals surface area contributed by atoms with Gasteiger partial charge in [0.2, 0.25) is 5.00 Å². The van der Waals surface area contributed by atoms with Crippen molar-refractivity contribution in [1.82, 2.24) is 9.05 Å². The second-order valence-electron chi connectivity index (χ2n) is 8.25. The fraction of sp³-hybridized carbons (Fsp3) is 0.391. The Labute approximate surface area is 197 Å². The predicted octanol–water partition coefficient (Wildman–Crippen LogP) is 4.74. The van der Waals surface area contributed by atoms with Gasteiger partial charge in [-0.1, -0.05) is 23.7 Å². The molecular formula is C23H27ClN3O3S2+. The van der Waals surface area contributed by atoms with Crippen LogP contribution in [-0.4, -0.2) is 37.7 Å². The van der Waals surface area contributed by atoms with E-state index in [9.17, 15) is 13.2 Å². The Morgan fingerprint density at radius 1 is 1.12 bits per heavy atom. The Hall–Kier alpha value is -2.00. The van der Waals surface area contributed by atoms with Gasteiger partial charge in [0, 0.05) is 11.6 Å². The van der Waals surface area contributed by atoms with Crippen molar-refractivity contribution in [1.29, 1.82) is 5.41 Å². The van der Waals surface area contributed by atoms with Crippen LogP contribution in [0.3, 0.4) is 0 Å².